The van der Waals surface area contributed by atoms with Crippen LogP contribution >= 0.6 is 11.6 Å². The van der Waals surface area contributed by atoms with Crippen LogP contribution in [0.25, 0.3) is 11.3 Å². The second-order valence-corrected chi connectivity index (χ2v) is 7.87. The average Bonchev–Trinajstić information content (AvgIpc) is 2.98. The highest BCUT2D eigenvalue weighted by molar-refractivity contribution is 6.30. The highest BCUT2D eigenvalue weighted by atomic mass is 35.5. The molecule has 1 amide bonds. The maximum Gasteiger partial charge on any atom is 0.407 e. The molecule has 3 heterocycles. The van der Waals surface area contributed by atoms with Crippen molar-refractivity contribution in [2.24, 2.45) is 0 Å². The molecule has 2 bridgehead atoms. The van der Waals surface area contributed by atoms with Crippen molar-refractivity contribution in [3.8, 4) is 17.0 Å². The van der Waals surface area contributed by atoms with E-state index in [2.05, 4.69) is 15.1 Å². The van der Waals surface area contributed by atoms with Gasteiger partial charge in [-0.15, -0.1) is 10.2 Å². The monoisotopic (exact) mass is 402 g/mol. The lowest BCUT2D eigenvalue weighted by Gasteiger charge is -2.41. The lowest BCUT2D eigenvalue weighted by molar-refractivity contribution is 0.0965. The van der Waals surface area contributed by atoms with Crippen LogP contribution in [0, 0.1) is 0 Å². The molecule has 7 nitrogen and oxygen atoms in total. The van der Waals surface area contributed by atoms with Crippen LogP contribution in [0.4, 0.5) is 10.6 Å². The molecule has 148 valence electrons. The predicted octanol–water partition coefficient (Wildman–Crippen LogP) is 3.92. The number of carbonyl (C=O) groups is 1. The Hall–Kier alpha value is -2.54. The molecular formula is C20H23ClN4O3. The van der Waals surface area contributed by atoms with E-state index in [9.17, 15) is 9.90 Å². The molecule has 28 heavy (non-hydrogen) atoms. The Morgan fingerprint density at radius 3 is 2.50 bits per heavy atom. The first-order chi connectivity index (χ1) is 13.5. The van der Waals surface area contributed by atoms with Crippen LogP contribution in [0.2, 0.25) is 5.02 Å². The molecule has 2 aliphatic rings. The minimum Gasteiger partial charge on any atom is -0.496 e. The normalized spacial score (nSPS) is 23.5. The fourth-order valence-corrected chi connectivity index (χ4v) is 4.66. The number of hydrogen-bond donors (Lipinski definition) is 1. The molecule has 0 radical (unpaired) electrons. The first-order valence-corrected chi connectivity index (χ1v) is 9.77. The Labute approximate surface area is 168 Å². The van der Waals surface area contributed by atoms with E-state index < -0.39 is 6.09 Å². The summed E-state index contributed by atoms with van der Waals surface area (Å²) in [6.07, 6.45) is 2.75. The minimum atomic E-state index is -0.797. The Kier molecular flexibility index (Phi) is 5.02. The van der Waals surface area contributed by atoms with Crippen molar-refractivity contribution >= 4 is 23.5 Å². The third-order valence-corrected chi connectivity index (χ3v) is 6.16. The summed E-state index contributed by atoms with van der Waals surface area (Å²) in [7, 11) is 3.61. The summed E-state index contributed by atoms with van der Waals surface area (Å²) in [6, 6.07) is 9.76. The summed E-state index contributed by atoms with van der Waals surface area (Å²) < 4.78 is 5.40. The molecule has 2 aliphatic heterocycles. The molecule has 0 saturated carbocycles. The lowest BCUT2D eigenvalue weighted by Crippen LogP contribution is -2.51. The van der Waals surface area contributed by atoms with E-state index in [4.69, 9.17) is 16.3 Å². The number of nitrogens with zero attached hydrogens (tertiary/aromatic N) is 4. The molecule has 1 aromatic heterocycles. The van der Waals surface area contributed by atoms with Crippen molar-refractivity contribution in [1.29, 1.82) is 0 Å². The summed E-state index contributed by atoms with van der Waals surface area (Å²) in [5.74, 6) is 1.44. The number of ether oxygens (including phenoxy) is 1. The van der Waals surface area contributed by atoms with E-state index in [0.717, 1.165) is 37.1 Å². The van der Waals surface area contributed by atoms with Crippen molar-refractivity contribution in [2.75, 3.05) is 19.1 Å². The molecule has 4 rings (SSSR count). The topological polar surface area (TPSA) is 78.8 Å². The molecule has 1 N–H and O–H groups in total. The molecule has 2 saturated heterocycles. The van der Waals surface area contributed by atoms with E-state index in [1.54, 1.807) is 24.1 Å². The number of aromatic nitrogens is 2. The van der Waals surface area contributed by atoms with Crippen LogP contribution in [0.3, 0.4) is 0 Å². The van der Waals surface area contributed by atoms with Gasteiger partial charge in [0.1, 0.15) is 5.75 Å². The number of halogens is 1. The third-order valence-electron chi connectivity index (χ3n) is 5.93. The van der Waals surface area contributed by atoms with Crippen LogP contribution in [-0.4, -0.2) is 58.6 Å². The third kappa shape index (κ3) is 3.35. The van der Waals surface area contributed by atoms with Crippen molar-refractivity contribution in [1.82, 2.24) is 15.1 Å². The Morgan fingerprint density at radius 1 is 1.21 bits per heavy atom. The number of fused-ring (bicyclic) bond motifs is 2. The van der Waals surface area contributed by atoms with Crippen molar-refractivity contribution in [3.05, 3.63) is 35.4 Å². The van der Waals surface area contributed by atoms with Crippen LogP contribution in [0.1, 0.15) is 25.7 Å². The standard InChI is InChI=1S/C20H23ClN4O3/c1-24(15-10-13-4-5-14(11-15)25(13)20(26)27)19-8-7-17(22-23-19)16-6-3-12(21)9-18(16)28-2/h3,6-9,13-15H,4-5,10-11H2,1-2H3,(H,26,27)/t13-,14+,15+. The number of piperidine rings is 1. The summed E-state index contributed by atoms with van der Waals surface area (Å²) in [6.45, 7) is 0. The number of hydrogen-bond acceptors (Lipinski definition) is 5. The zero-order valence-corrected chi connectivity index (χ0v) is 16.6. The van der Waals surface area contributed by atoms with Gasteiger partial charge in [0, 0.05) is 35.8 Å². The molecular weight excluding hydrogens is 380 g/mol. The fourth-order valence-electron chi connectivity index (χ4n) is 4.50. The SMILES string of the molecule is COc1cc(Cl)ccc1-c1ccc(N(C)[C@H]2C[C@H]3CC[C@@H](C2)N3C(=O)O)nn1. The summed E-state index contributed by atoms with van der Waals surface area (Å²) in [5.41, 5.74) is 1.55. The van der Waals surface area contributed by atoms with E-state index in [1.165, 1.54) is 0 Å². The largest absolute Gasteiger partial charge is 0.496 e. The maximum absolute atomic E-state index is 11.5. The fraction of sp³-hybridized carbons (Fsp3) is 0.450. The van der Waals surface area contributed by atoms with Crippen LogP contribution in [-0.2, 0) is 0 Å². The van der Waals surface area contributed by atoms with Gasteiger partial charge in [-0.1, -0.05) is 11.6 Å². The van der Waals surface area contributed by atoms with Gasteiger partial charge in [0.05, 0.1) is 12.8 Å². The summed E-state index contributed by atoms with van der Waals surface area (Å²) in [4.78, 5) is 15.2. The van der Waals surface area contributed by atoms with E-state index in [0.29, 0.717) is 16.5 Å². The molecule has 0 unspecified atom stereocenters. The number of methoxy groups -OCH3 is 1. The number of anilines is 1. The van der Waals surface area contributed by atoms with Gasteiger partial charge in [-0.3, -0.25) is 0 Å². The molecule has 0 spiro atoms. The van der Waals surface area contributed by atoms with Crippen molar-refractivity contribution in [2.45, 2.75) is 43.8 Å². The lowest BCUT2D eigenvalue weighted by atomic mass is 9.96. The van der Waals surface area contributed by atoms with E-state index in [1.807, 2.05) is 25.2 Å². The van der Waals surface area contributed by atoms with Gasteiger partial charge in [-0.05, 0) is 56.0 Å². The van der Waals surface area contributed by atoms with E-state index >= 15 is 0 Å². The number of rotatable bonds is 4. The smallest absolute Gasteiger partial charge is 0.407 e. The van der Waals surface area contributed by atoms with Crippen molar-refractivity contribution < 1.29 is 14.6 Å². The molecule has 8 heteroatoms. The number of amides is 1. The van der Waals surface area contributed by atoms with Crippen LogP contribution in [0.5, 0.6) is 5.75 Å². The van der Waals surface area contributed by atoms with Gasteiger partial charge < -0.3 is 19.6 Å². The van der Waals surface area contributed by atoms with Gasteiger partial charge in [0.15, 0.2) is 5.82 Å². The van der Waals surface area contributed by atoms with E-state index in [-0.39, 0.29) is 18.1 Å². The van der Waals surface area contributed by atoms with Gasteiger partial charge in [-0.25, -0.2) is 4.79 Å². The van der Waals surface area contributed by atoms with Crippen LogP contribution < -0.4 is 9.64 Å². The molecule has 0 aliphatic carbocycles. The number of benzene rings is 1. The zero-order chi connectivity index (χ0) is 19.8. The second kappa shape index (κ2) is 7.47. The molecule has 1 aromatic carbocycles. The van der Waals surface area contributed by atoms with Gasteiger partial charge >= 0.3 is 6.09 Å². The Balaban J connectivity index is 1.51. The zero-order valence-electron chi connectivity index (χ0n) is 15.9. The number of carboxylic acid groups (broad SMARTS) is 1. The highest BCUT2D eigenvalue weighted by Gasteiger charge is 2.44. The maximum atomic E-state index is 11.5. The average molecular weight is 403 g/mol. The van der Waals surface area contributed by atoms with Gasteiger partial charge in [-0.2, -0.15) is 0 Å². The Bertz CT molecular complexity index is 862. The first-order valence-electron chi connectivity index (χ1n) is 9.39. The highest BCUT2D eigenvalue weighted by Crippen LogP contribution is 2.38. The van der Waals surface area contributed by atoms with Gasteiger partial charge in [0.2, 0.25) is 0 Å². The Morgan fingerprint density at radius 2 is 1.93 bits per heavy atom. The van der Waals surface area contributed by atoms with Gasteiger partial charge in [0.25, 0.3) is 0 Å². The first kappa shape index (κ1) is 18.8. The predicted molar refractivity (Wildman–Crippen MR) is 107 cm³/mol. The summed E-state index contributed by atoms with van der Waals surface area (Å²) in [5, 5.41) is 18.8. The second-order valence-electron chi connectivity index (χ2n) is 7.43. The van der Waals surface area contributed by atoms with Crippen LogP contribution in [0.15, 0.2) is 30.3 Å². The quantitative estimate of drug-likeness (QED) is 0.835. The minimum absolute atomic E-state index is 0.106. The van der Waals surface area contributed by atoms with Crippen molar-refractivity contribution in [3.63, 3.8) is 0 Å². The summed E-state index contributed by atoms with van der Waals surface area (Å²) >= 11 is 6.03. The molecule has 3 atom stereocenters. The molecule has 2 fully saturated rings. The molecule has 2 aromatic rings.